The van der Waals surface area contributed by atoms with Gasteiger partial charge in [-0.25, -0.2) is 4.79 Å². The minimum absolute atomic E-state index is 0.547. The fourth-order valence-corrected chi connectivity index (χ4v) is 1.09. The second-order valence-corrected chi connectivity index (χ2v) is 2.46. The maximum Gasteiger partial charge on any atom is 0.394 e. The third-order valence-electron chi connectivity index (χ3n) is 1.68. The second kappa shape index (κ2) is 3.37. The average molecular weight is 156 g/mol. The van der Waals surface area contributed by atoms with Crippen molar-refractivity contribution >= 4 is 11.9 Å². The van der Waals surface area contributed by atoms with E-state index in [0.29, 0.717) is 13.1 Å². The smallest absolute Gasteiger partial charge is 0.394 e. The summed E-state index contributed by atoms with van der Waals surface area (Å²) >= 11 is 0. The van der Waals surface area contributed by atoms with E-state index in [4.69, 9.17) is 5.11 Å². The zero-order valence-corrected chi connectivity index (χ0v) is 6.12. The molecular formula is C7H10NO3. The van der Waals surface area contributed by atoms with Crippen molar-refractivity contribution in [2.45, 2.75) is 12.8 Å². The molecule has 0 atom stereocenters. The summed E-state index contributed by atoms with van der Waals surface area (Å²) in [5.74, 6) is -2.13. The maximum absolute atomic E-state index is 10.8. The van der Waals surface area contributed by atoms with Gasteiger partial charge in [0.1, 0.15) is 0 Å². The van der Waals surface area contributed by atoms with Gasteiger partial charge in [0, 0.05) is 13.1 Å². The molecule has 0 spiro atoms. The molecule has 0 saturated carbocycles. The number of rotatable bonds is 0. The van der Waals surface area contributed by atoms with Crippen molar-refractivity contribution in [3.63, 3.8) is 0 Å². The molecule has 1 aliphatic rings. The topological polar surface area (TPSA) is 57.6 Å². The first-order valence-electron chi connectivity index (χ1n) is 3.55. The van der Waals surface area contributed by atoms with Crippen LogP contribution >= 0.6 is 0 Å². The van der Waals surface area contributed by atoms with Crippen LogP contribution in [0, 0.1) is 6.42 Å². The number of carbonyl (C=O) groups is 2. The number of carboxylic acids is 1. The van der Waals surface area contributed by atoms with Gasteiger partial charge in [-0.2, -0.15) is 0 Å². The van der Waals surface area contributed by atoms with Crippen LogP contribution in [0.3, 0.4) is 0 Å². The van der Waals surface area contributed by atoms with Gasteiger partial charge >= 0.3 is 11.9 Å². The minimum atomic E-state index is -1.35. The van der Waals surface area contributed by atoms with Crippen LogP contribution < -0.4 is 0 Å². The first kappa shape index (κ1) is 8.04. The molecule has 4 nitrogen and oxygen atoms in total. The highest BCUT2D eigenvalue weighted by Crippen LogP contribution is 2.07. The van der Waals surface area contributed by atoms with Gasteiger partial charge in [-0.15, -0.1) is 0 Å². The molecule has 1 aliphatic heterocycles. The summed E-state index contributed by atoms with van der Waals surface area (Å²) in [6, 6.07) is 0. The molecule has 0 aliphatic carbocycles. The zero-order chi connectivity index (χ0) is 8.27. The van der Waals surface area contributed by atoms with Gasteiger partial charge in [-0.1, -0.05) is 0 Å². The number of hydrogen-bond acceptors (Lipinski definition) is 2. The van der Waals surface area contributed by atoms with E-state index in [2.05, 4.69) is 6.42 Å². The summed E-state index contributed by atoms with van der Waals surface area (Å²) in [6.07, 6.45) is 3.67. The highest BCUT2D eigenvalue weighted by Gasteiger charge is 2.21. The number of carboxylic acid groups (broad SMARTS) is 1. The minimum Gasteiger partial charge on any atom is -0.474 e. The molecule has 1 fully saturated rings. The van der Waals surface area contributed by atoms with E-state index in [-0.39, 0.29) is 0 Å². The summed E-state index contributed by atoms with van der Waals surface area (Å²) in [5, 5.41) is 8.33. The van der Waals surface area contributed by atoms with Crippen LogP contribution in [0.15, 0.2) is 0 Å². The largest absolute Gasteiger partial charge is 0.474 e. The molecule has 1 amide bonds. The Kier molecular flexibility index (Phi) is 2.46. The van der Waals surface area contributed by atoms with Gasteiger partial charge < -0.3 is 10.0 Å². The molecular weight excluding hydrogens is 146 g/mol. The lowest BCUT2D eigenvalue weighted by molar-refractivity contribution is -0.156. The van der Waals surface area contributed by atoms with Crippen LogP contribution in [0.25, 0.3) is 0 Å². The number of piperidine rings is 1. The third kappa shape index (κ3) is 1.93. The van der Waals surface area contributed by atoms with Gasteiger partial charge in [-0.3, -0.25) is 4.79 Å². The van der Waals surface area contributed by atoms with Crippen molar-refractivity contribution in [1.82, 2.24) is 4.90 Å². The van der Waals surface area contributed by atoms with Gasteiger partial charge in [-0.05, 0) is 19.3 Å². The predicted molar refractivity (Wildman–Crippen MR) is 37.7 cm³/mol. The van der Waals surface area contributed by atoms with E-state index in [9.17, 15) is 9.59 Å². The molecule has 0 bridgehead atoms. The van der Waals surface area contributed by atoms with Crippen molar-refractivity contribution in [3.8, 4) is 0 Å². The molecule has 1 heterocycles. The number of hydrogen-bond donors (Lipinski definition) is 1. The van der Waals surface area contributed by atoms with E-state index in [0.717, 1.165) is 12.8 Å². The number of aliphatic carboxylic acids is 1. The van der Waals surface area contributed by atoms with E-state index >= 15 is 0 Å². The zero-order valence-electron chi connectivity index (χ0n) is 6.12. The van der Waals surface area contributed by atoms with Crippen LogP contribution in [0.1, 0.15) is 12.8 Å². The van der Waals surface area contributed by atoms with Crippen LogP contribution in [0.4, 0.5) is 0 Å². The Morgan fingerprint density at radius 3 is 2.27 bits per heavy atom. The molecule has 0 aromatic carbocycles. The monoisotopic (exact) mass is 156 g/mol. The van der Waals surface area contributed by atoms with Gasteiger partial charge in [0.15, 0.2) is 0 Å². The van der Waals surface area contributed by atoms with E-state index in [1.54, 1.807) is 0 Å². The fraction of sp³-hybridized carbons (Fsp3) is 0.571. The highest BCUT2D eigenvalue weighted by molar-refractivity contribution is 6.31. The summed E-state index contributed by atoms with van der Waals surface area (Å²) in [5.41, 5.74) is 0. The lowest BCUT2D eigenvalue weighted by atomic mass is 10.1. The van der Waals surface area contributed by atoms with E-state index in [1.807, 2.05) is 0 Å². The predicted octanol–water partition coefficient (Wildman–Crippen LogP) is -0.102. The molecule has 61 valence electrons. The molecule has 0 unspecified atom stereocenters. The summed E-state index contributed by atoms with van der Waals surface area (Å²) in [4.78, 5) is 22.4. The third-order valence-corrected chi connectivity index (χ3v) is 1.68. The number of nitrogens with zero attached hydrogens (tertiary/aromatic N) is 1. The summed E-state index contributed by atoms with van der Waals surface area (Å²) in [6.45, 7) is 1.09. The number of likely N-dealkylation sites (tertiary alicyclic amines) is 1. The Bertz CT molecular complexity index is 173. The average Bonchev–Trinajstić information content (AvgIpc) is 2.05. The van der Waals surface area contributed by atoms with Crippen molar-refractivity contribution in [2.75, 3.05) is 13.1 Å². The van der Waals surface area contributed by atoms with Gasteiger partial charge in [0.25, 0.3) is 0 Å². The van der Waals surface area contributed by atoms with E-state index in [1.165, 1.54) is 4.90 Å². The van der Waals surface area contributed by atoms with Gasteiger partial charge in [0.05, 0.1) is 0 Å². The molecule has 1 radical (unpaired) electrons. The molecule has 11 heavy (non-hydrogen) atoms. The lowest BCUT2D eigenvalue weighted by Crippen LogP contribution is -2.39. The Labute approximate surface area is 64.8 Å². The quantitative estimate of drug-likeness (QED) is 0.498. The SMILES string of the molecule is O=C(O)C(=O)N1CC[CH]CC1. The Balaban J connectivity index is 2.45. The number of carbonyl (C=O) groups excluding carboxylic acids is 1. The molecule has 1 saturated heterocycles. The van der Waals surface area contributed by atoms with Crippen LogP contribution in [0.2, 0.25) is 0 Å². The van der Waals surface area contributed by atoms with Crippen molar-refractivity contribution in [2.24, 2.45) is 0 Å². The van der Waals surface area contributed by atoms with Crippen LogP contribution in [-0.2, 0) is 9.59 Å². The maximum atomic E-state index is 10.8. The molecule has 0 aromatic heterocycles. The first-order valence-corrected chi connectivity index (χ1v) is 3.55. The Morgan fingerprint density at radius 1 is 1.27 bits per heavy atom. The van der Waals surface area contributed by atoms with Crippen molar-refractivity contribution in [1.29, 1.82) is 0 Å². The van der Waals surface area contributed by atoms with Crippen molar-refractivity contribution < 1.29 is 14.7 Å². The number of amides is 1. The molecule has 0 aromatic rings. The van der Waals surface area contributed by atoms with Crippen LogP contribution in [0.5, 0.6) is 0 Å². The van der Waals surface area contributed by atoms with Crippen LogP contribution in [-0.4, -0.2) is 35.0 Å². The summed E-state index contributed by atoms with van der Waals surface area (Å²) < 4.78 is 0. The lowest BCUT2D eigenvalue weighted by Gasteiger charge is -2.24. The van der Waals surface area contributed by atoms with Crippen molar-refractivity contribution in [3.05, 3.63) is 6.42 Å². The highest BCUT2D eigenvalue weighted by atomic mass is 16.4. The molecule has 4 heteroatoms. The fourth-order valence-electron chi connectivity index (χ4n) is 1.09. The Hall–Kier alpha value is -1.06. The normalized spacial score (nSPS) is 18.0. The van der Waals surface area contributed by atoms with Gasteiger partial charge in [0.2, 0.25) is 0 Å². The molecule has 1 rings (SSSR count). The Morgan fingerprint density at radius 2 is 1.82 bits per heavy atom. The summed E-state index contributed by atoms with van der Waals surface area (Å²) in [7, 11) is 0. The standard InChI is InChI=1S/C7H10NO3/c9-6(7(10)11)8-4-2-1-3-5-8/h1H,2-5H2,(H,10,11). The molecule has 1 N–H and O–H groups in total. The first-order chi connectivity index (χ1) is 5.22. The van der Waals surface area contributed by atoms with E-state index < -0.39 is 11.9 Å². The second-order valence-electron chi connectivity index (χ2n) is 2.46.